The number of hydrogen-bond donors (Lipinski definition) is 1. The molecule has 6 heteroatoms. The Balaban J connectivity index is 1.76. The Morgan fingerprint density at radius 3 is 2.71 bits per heavy atom. The summed E-state index contributed by atoms with van der Waals surface area (Å²) in [5.41, 5.74) is -0.717. The van der Waals surface area contributed by atoms with Crippen molar-refractivity contribution < 1.29 is 9.59 Å². The zero-order chi connectivity index (χ0) is 15.2. The molecule has 3 rings (SSSR count). The minimum absolute atomic E-state index is 0.0475. The van der Waals surface area contributed by atoms with Gasteiger partial charge in [-0.15, -0.1) is 0 Å². The van der Waals surface area contributed by atoms with Crippen molar-refractivity contribution in [1.82, 2.24) is 19.8 Å². The van der Waals surface area contributed by atoms with Crippen molar-refractivity contribution in [2.75, 3.05) is 6.54 Å². The van der Waals surface area contributed by atoms with E-state index in [1.807, 2.05) is 24.7 Å². The molecule has 0 bridgehead atoms. The first-order valence-electron chi connectivity index (χ1n) is 7.53. The Morgan fingerprint density at radius 2 is 2.14 bits per heavy atom. The molecule has 114 valence electrons. The fraction of sp³-hybridized carbons (Fsp3) is 0.667. The molecule has 1 aliphatic heterocycles. The predicted molar refractivity (Wildman–Crippen MR) is 77.4 cm³/mol. The van der Waals surface area contributed by atoms with Crippen molar-refractivity contribution in [3.63, 3.8) is 0 Å². The van der Waals surface area contributed by atoms with Crippen molar-refractivity contribution in [2.45, 2.75) is 44.7 Å². The highest BCUT2D eigenvalue weighted by Gasteiger charge is 2.54. The van der Waals surface area contributed by atoms with Crippen molar-refractivity contribution in [2.24, 2.45) is 13.0 Å². The first-order chi connectivity index (χ1) is 9.93. The molecule has 2 aliphatic rings. The van der Waals surface area contributed by atoms with Crippen molar-refractivity contribution in [1.29, 1.82) is 0 Å². The second kappa shape index (κ2) is 4.86. The fourth-order valence-corrected chi connectivity index (χ4v) is 3.12. The Bertz CT molecular complexity index is 578. The average Bonchev–Trinajstić information content (AvgIpc) is 3.22. The van der Waals surface area contributed by atoms with Gasteiger partial charge in [0.1, 0.15) is 17.4 Å². The number of amides is 2. The van der Waals surface area contributed by atoms with Crippen LogP contribution in [-0.4, -0.2) is 44.4 Å². The standard InChI is InChI=1S/C15H22N4O2/c1-10-13(20)17-15(2,11-4-5-11)14(21)19(10)8-6-12-16-7-9-18(12)3/h7,9-11H,4-6,8H2,1-3H3,(H,17,20). The van der Waals surface area contributed by atoms with Gasteiger partial charge in [-0.25, -0.2) is 4.98 Å². The lowest BCUT2D eigenvalue weighted by atomic mass is 9.89. The molecule has 1 aromatic heterocycles. The van der Waals surface area contributed by atoms with E-state index < -0.39 is 11.6 Å². The maximum absolute atomic E-state index is 12.8. The van der Waals surface area contributed by atoms with Gasteiger partial charge in [0.15, 0.2) is 0 Å². The lowest BCUT2D eigenvalue weighted by Gasteiger charge is -2.43. The highest BCUT2D eigenvalue weighted by molar-refractivity contribution is 5.99. The lowest BCUT2D eigenvalue weighted by Crippen LogP contribution is -2.69. The molecule has 6 nitrogen and oxygen atoms in total. The van der Waals surface area contributed by atoms with E-state index in [1.165, 1.54) is 0 Å². The van der Waals surface area contributed by atoms with Crippen LogP contribution in [0, 0.1) is 5.92 Å². The van der Waals surface area contributed by atoms with Crippen molar-refractivity contribution in [3.05, 3.63) is 18.2 Å². The molecule has 1 saturated carbocycles. The summed E-state index contributed by atoms with van der Waals surface area (Å²) in [5, 5.41) is 2.94. The molecule has 1 aromatic rings. The van der Waals surface area contributed by atoms with Crippen molar-refractivity contribution >= 4 is 11.8 Å². The second-order valence-electron chi connectivity index (χ2n) is 6.34. The number of aryl methyl sites for hydroxylation is 1. The van der Waals surface area contributed by atoms with E-state index in [-0.39, 0.29) is 17.7 Å². The van der Waals surface area contributed by atoms with E-state index in [0.717, 1.165) is 18.7 Å². The SMILES string of the molecule is CC1C(=O)NC(C)(C2CC2)C(=O)N1CCc1nccn1C. The first-order valence-corrected chi connectivity index (χ1v) is 7.53. The highest BCUT2D eigenvalue weighted by atomic mass is 16.2. The number of hydrogen-bond acceptors (Lipinski definition) is 3. The zero-order valence-electron chi connectivity index (χ0n) is 12.8. The second-order valence-corrected chi connectivity index (χ2v) is 6.34. The van der Waals surface area contributed by atoms with Crippen LogP contribution in [0.2, 0.25) is 0 Å². The Morgan fingerprint density at radius 1 is 1.43 bits per heavy atom. The maximum atomic E-state index is 12.8. The molecule has 2 fully saturated rings. The van der Waals surface area contributed by atoms with Gasteiger partial charge in [-0.2, -0.15) is 0 Å². The quantitative estimate of drug-likeness (QED) is 0.877. The van der Waals surface area contributed by atoms with Gasteiger partial charge in [-0.1, -0.05) is 0 Å². The molecule has 1 saturated heterocycles. The van der Waals surface area contributed by atoms with Gasteiger partial charge in [0, 0.05) is 32.4 Å². The van der Waals surface area contributed by atoms with E-state index >= 15 is 0 Å². The third-order valence-corrected chi connectivity index (χ3v) is 4.83. The molecule has 2 amide bonds. The third kappa shape index (κ3) is 2.32. The van der Waals surface area contributed by atoms with Gasteiger partial charge in [0.05, 0.1) is 0 Å². The molecule has 2 unspecified atom stereocenters. The number of rotatable bonds is 4. The van der Waals surface area contributed by atoms with Crippen LogP contribution >= 0.6 is 0 Å². The minimum atomic E-state index is -0.717. The van der Waals surface area contributed by atoms with Crippen molar-refractivity contribution in [3.8, 4) is 0 Å². The number of carbonyl (C=O) groups excluding carboxylic acids is 2. The fourth-order valence-electron chi connectivity index (χ4n) is 3.12. The number of aromatic nitrogens is 2. The van der Waals surface area contributed by atoms with Gasteiger partial charge in [0.25, 0.3) is 0 Å². The van der Waals surface area contributed by atoms with E-state index in [4.69, 9.17) is 0 Å². The molecule has 0 radical (unpaired) electrons. The maximum Gasteiger partial charge on any atom is 0.249 e. The molecule has 0 spiro atoms. The first kappa shape index (κ1) is 14.1. The summed E-state index contributed by atoms with van der Waals surface area (Å²) < 4.78 is 1.94. The van der Waals surface area contributed by atoms with E-state index in [2.05, 4.69) is 10.3 Å². The summed E-state index contributed by atoms with van der Waals surface area (Å²) in [5.74, 6) is 1.21. The molecule has 1 aliphatic carbocycles. The van der Waals surface area contributed by atoms with E-state index in [9.17, 15) is 9.59 Å². The van der Waals surface area contributed by atoms with E-state index in [0.29, 0.717) is 13.0 Å². The number of nitrogens with one attached hydrogen (secondary N) is 1. The summed E-state index contributed by atoms with van der Waals surface area (Å²) in [4.78, 5) is 31.0. The van der Waals surface area contributed by atoms with Crippen LogP contribution in [0.3, 0.4) is 0 Å². The average molecular weight is 290 g/mol. The number of imidazole rings is 1. The summed E-state index contributed by atoms with van der Waals surface area (Å²) in [6.45, 7) is 4.18. The monoisotopic (exact) mass is 290 g/mol. The third-order valence-electron chi connectivity index (χ3n) is 4.83. The van der Waals surface area contributed by atoms with E-state index in [1.54, 1.807) is 18.0 Å². The van der Waals surface area contributed by atoms with Gasteiger partial charge < -0.3 is 14.8 Å². The van der Waals surface area contributed by atoms with Crippen LogP contribution in [0.4, 0.5) is 0 Å². The number of piperazine rings is 1. The van der Waals surface area contributed by atoms with Crippen LogP contribution in [0.1, 0.15) is 32.5 Å². The summed E-state index contributed by atoms with van der Waals surface area (Å²) in [6.07, 6.45) is 6.33. The molecular weight excluding hydrogens is 268 g/mol. The number of carbonyl (C=O) groups is 2. The smallest absolute Gasteiger partial charge is 0.249 e. The molecule has 21 heavy (non-hydrogen) atoms. The van der Waals surface area contributed by atoms with Gasteiger partial charge in [0.2, 0.25) is 11.8 Å². The van der Waals surface area contributed by atoms with Crippen LogP contribution < -0.4 is 5.32 Å². The van der Waals surface area contributed by atoms with Gasteiger partial charge in [-0.05, 0) is 32.6 Å². The Kier molecular flexibility index (Phi) is 3.26. The predicted octanol–water partition coefficient (Wildman–Crippen LogP) is 0.478. The Labute approximate surface area is 124 Å². The van der Waals surface area contributed by atoms with Crippen LogP contribution in [0.25, 0.3) is 0 Å². The van der Waals surface area contributed by atoms with Crippen LogP contribution in [0.15, 0.2) is 12.4 Å². The summed E-state index contributed by atoms with van der Waals surface area (Å²) in [7, 11) is 1.94. The summed E-state index contributed by atoms with van der Waals surface area (Å²) in [6, 6.07) is -0.412. The highest BCUT2D eigenvalue weighted by Crippen LogP contribution is 2.42. The molecule has 1 N–H and O–H groups in total. The normalized spacial score (nSPS) is 29.7. The van der Waals surface area contributed by atoms with Gasteiger partial charge in [-0.3, -0.25) is 9.59 Å². The molecule has 0 aromatic carbocycles. The summed E-state index contributed by atoms with van der Waals surface area (Å²) >= 11 is 0. The molecule has 2 atom stereocenters. The Hall–Kier alpha value is -1.85. The van der Waals surface area contributed by atoms with Crippen LogP contribution in [0.5, 0.6) is 0 Å². The van der Waals surface area contributed by atoms with Crippen LogP contribution in [-0.2, 0) is 23.1 Å². The lowest BCUT2D eigenvalue weighted by molar-refractivity contribution is -0.154. The molecular formula is C15H22N4O2. The molecule has 2 heterocycles. The topological polar surface area (TPSA) is 67.2 Å². The number of nitrogens with zero attached hydrogens (tertiary/aromatic N) is 3. The largest absolute Gasteiger partial charge is 0.340 e. The minimum Gasteiger partial charge on any atom is -0.340 e. The van der Waals surface area contributed by atoms with Gasteiger partial charge >= 0.3 is 0 Å². The zero-order valence-corrected chi connectivity index (χ0v) is 12.8.